The second kappa shape index (κ2) is 4.41. The molecule has 0 amide bonds. The molecular formula is C12H16N6O. The van der Waals surface area contributed by atoms with Crippen molar-refractivity contribution in [2.45, 2.75) is 37.6 Å². The Labute approximate surface area is 110 Å². The van der Waals surface area contributed by atoms with E-state index in [0.717, 1.165) is 25.3 Å². The molecule has 1 aliphatic heterocycles. The molecule has 2 aromatic rings. The SMILES string of the molecule is c1c(-c2nc(C3CC3)no2)nnn1[C@H]1CCCNC1. The Hall–Kier alpha value is -1.76. The van der Waals surface area contributed by atoms with Gasteiger partial charge in [-0.1, -0.05) is 10.4 Å². The van der Waals surface area contributed by atoms with Gasteiger partial charge in [0.05, 0.1) is 12.2 Å². The zero-order chi connectivity index (χ0) is 12.7. The van der Waals surface area contributed by atoms with E-state index in [1.54, 1.807) is 0 Å². The molecule has 7 nitrogen and oxygen atoms in total. The number of hydrogen-bond donors (Lipinski definition) is 1. The molecule has 2 aromatic heterocycles. The van der Waals surface area contributed by atoms with Crippen molar-refractivity contribution in [3.63, 3.8) is 0 Å². The Kier molecular flexibility index (Phi) is 2.58. The highest BCUT2D eigenvalue weighted by atomic mass is 16.5. The number of rotatable bonds is 3. The van der Waals surface area contributed by atoms with Crippen molar-refractivity contribution >= 4 is 0 Å². The minimum atomic E-state index is 0.376. The third-order valence-electron chi connectivity index (χ3n) is 3.76. The van der Waals surface area contributed by atoms with Gasteiger partial charge in [0.15, 0.2) is 11.5 Å². The van der Waals surface area contributed by atoms with Crippen LogP contribution in [0.25, 0.3) is 11.6 Å². The Morgan fingerprint density at radius 1 is 1.32 bits per heavy atom. The Balaban J connectivity index is 1.55. The number of piperidine rings is 1. The molecular weight excluding hydrogens is 244 g/mol. The van der Waals surface area contributed by atoms with Gasteiger partial charge in [-0.2, -0.15) is 4.98 Å². The second-order valence-electron chi connectivity index (χ2n) is 5.32. The Morgan fingerprint density at radius 2 is 2.26 bits per heavy atom. The lowest BCUT2D eigenvalue weighted by Gasteiger charge is -2.22. The van der Waals surface area contributed by atoms with Gasteiger partial charge in [0.25, 0.3) is 5.89 Å². The fraction of sp³-hybridized carbons (Fsp3) is 0.667. The molecule has 0 bridgehead atoms. The van der Waals surface area contributed by atoms with Gasteiger partial charge in [-0.05, 0) is 32.2 Å². The van der Waals surface area contributed by atoms with Gasteiger partial charge in [0.1, 0.15) is 0 Å². The third-order valence-corrected chi connectivity index (χ3v) is 3.76. The summed E-state index contributed by atoms with van der Waals surface area (Å²) in [6, 6.07) is 0.376. The van der Waals surface area contributed by atoms with Gasteiger partial charge in [0.2, 0.25) is 0 Å². The number of aromatic nitrogens is 5. The van der Waals surface area contributed by atoms with Crippen LogP contribution in [0, 0.1) is 0 Å². The smallest absolute Gasteiger partial charge is 0.280 e. The molecule has 1 aliphatic carbocycles. The van der Waals surface area contributed by atoms with Crippen molar-refractivity contribution < 1.29 is 4.52 Å². The average molecular weight is 260 g/mol. The molecule has 1 saturated heterocycles. The first-order valence-corrected chi connectivity index (χ1v) is 6.86. The molecule has 100 valence electrons. The Morgan fingerprint density at radius 3 is 3.05 bits per heavy atom. The highest BCUT2D eigenvalue weighted by Crippen LogP contribution is 2.38. The molecule has 1 N–H and O–H groups in total. The van der Waals surface area contributed by atoms with Crippen LogP contribution in [-0.4, -0.2) is 38.2 Å². The summed E-state index contributed by atoms with van der Waals surface area (Å²) >= 11 is 0. The highest BCUT2D eigenvalue weighted by molar-refractivity contribution is 5.43. The summed E-state index contributed by atoms with van der Waals surface area (Å²) in [5.41, 5.74) is 0.671. The lowest BCUT2D eigenvalue weighted by Crippen LogP contribution is -2.31. The van der Waals surface area contributed by atoms with Crippen LogP contribution in [0.2, 0.25) is 0 Å². The van der Waals surface area contributed by atoms with Crippen molar-refractivity contribution in [2.24, 2.45) is 0 Å². The zero-order valence-electron chi connectivity index (χ0n) is 10.6. The van der Waals surface area contributed by atoms with E-state index in [4.69, 9.17) is 4.52 Å². The first-order valence-electron chi connectivity index (χ1n) is 6.86. The quantitative estimate of drug-likeness (QED) is 0.891. The van der Waals surface area contributed by atoms with Crippen LogP contribution in [0.15, 0.2) is 10.7 Å². The van der Waals surface area contributed by atoms with Crippen LogP contribution in [0.1, 0.15) is 43.5 Å². The third kappa shape index (κ3) is 2.14. The van der Waals surface area contributed by atoms with Gasteiger partial charge >= 0.3 is 0 Å². The van der Waals surface area contributed by atoms with Crippen LogP contribution in [0.3, 0.4) is 0 Å². The van der Waals surface area contributed by atoms with Gasteiger partial charge in [0, 0.05) is 12.5 Å². The van der Waals surface area contributed by atoms with Crippen molar-refractivity contribution in [1.29, 1.82) is 0 Å². The molecule has 0 aromatic carbocycles. The van der Waals surface area contributed by atoms with E-state index in [2.05, 4.69) is 25.8 Å². The van der Waals surface area contributed by atoms with Gasteiger partial charge in [-0.3, -0.25) is 0 Å². The Bertz CT molecular complexity index is 566. The molecule has 4 rings (SSSR count). The second-order valence-corrected chi connectivity index (χ2v) is 5.32. The molecule has 7 heteroatoms. The highest BCUT2D eigenvalue weighted by Gasteiger charge is 2.29. The summed E-state index contributed by atoms with van der Waals surface area (Å²) in [5.74, 6) is 1.79. The molecule has 3 heterocycles. The van der Waals surface area contributed by atoms with Crippen LogP contribution in [-0.2, 0) is 0 Å². The van der Waals surface area contributed by atoms with E-state index in [0.29, 0.717) is 23.5 Å². The molecule has 0 spiro atoms. The molecule has 1 saturated carbocycles. The van der Waals surface area contributed by atoms with Crippen LogP contribution < -0.4 is 5.32 Å². The molecule has 0 radical (unpaired) electrons. The summed E-state index contributed by atoms with van der Waals surface area (Å²) in [6.07, 6.45) is 6.54. The first kappa shape index (κ1) is 11.1. The van der Waals surface area contributed by atoms with Gasteiger partial charge < -0.3 is 9.84 Å². The topological polar surface area (TPSA) is 81.7 Å². The molecule has 1 atom stereocenters. The standard InChI is InChI=1S/C12H16N6O/c1-2-9(6-13-5-1)18-7-10(15-17-18)12-14-11(16-19-12)8-3-4-8/h7-9,13H,1-6H2/t9-/m0/s1. The van der Waals surface area contributed by atoms with E-state index >= 15 is 0 Å². The fourth-order valence-corrected chi connectivity index (χ4v) is 2.46. The van der Waals surface area contributed by atoms with E-state index in [1.807, 2.05) is 10.9 Å². The summed E-state index contributed by atoms with van der Waals surface area (Å²) in [6.45, 7) is 2.03. The minimum absolute atomic E-state index is 0.376. The summed E-state index contributed by atoms with van der Waals surface area (Å²) < 4.78 is 7.17. The zero-order valence-corrected chi connectivity index (χ0v) is 10.6. The lowest BCUT2D eigenvalue weighted by molar-refractivity contribution is 0.341. The number of nitrogens with one attached hydrogen (secondary N) is 1. The predicted octanol–water partition coefficient (Wildman–Crippen LogP) is 1.13. The molecule has 19 heavy (non-hydrogen) atoms. The normalized spacial score (nSPS) is 23.7. The number of nitrogens with zero attached hydrogens (tertiary/aromatic N) is 5. The van der Waals surface area contributed by atoms with Crippen molar-refractivity contribution in [3.8, 4) is 11.6 Å². The summed E-state index contributed by atoms with van der Waals surface area (Å²) in [7, 11) is 0. The fourth-order valence-electron chi connectivity index (χ4n) is 2.46. The lowest BCUT2D eigenvalue weighted by atomic mass is 10.1. The molecule has 2 fully saturated rings. The van der Waals surface area contributed by atoms with Gasteiger partial charge in [-0.15, -0.1) is 5.10 Å². The maximum Gasteiger partial charge on any atom is 0.280 e. The summed E-state index contributed by atoms with van der Waals surface area (Å²) in [5, 5.41) is 15.7. The van der Waals surface area contributed by atoms with Gasteiger partial charge in [-0.25, -0.2) is 4.68 Å². The predicted molar refractivity (Wildman–Crippen MR) is 66.4 cm³/mol. The molecule has 2 aliphatic rings. The van der Waals surface area contributed by atoms with Crippen LogP contribution in [0.4, 0.5) is 0 Å². The van der Waals surface area contributed by atoms with E-state index in [9.17, 15) is 0 Å². The summed E-state index contributed by atoms with van der Waals surface area (Å²) in [4.78, 5) is 4.39. The first-order chi connectivity index (χ1) is 9.40. The van der Waals surface area contributed by atoms with Crippen LogP contribution >= 0.6 is 0 Å². The molecule has 0 unspecified atom stereocenters. The maximum absolute atomic E-state index is 5.26. The number of hydrogen-bond acceptors (Lipinski definition) is 6. The van der Waals surface area contributed by atoms with Crippen molar-refractivity contribution in [2.75, 3.05) is 13.1 Å². The van der Waals surface area contributed by atoms with Crippen LogP contribution in [0.5, 0.6) is 0 Å². The largest absolute Gasteiger partial charge is 0.332 e. The van der Waals surface area contributed by atoms with E-state index < -0.39 is 0 Å². The van der Waals surface area contributed by atoms with E-state index in [-0.39, 0.29) is 0 Å². The minimum Gasteiger partial charge on any atom is -0.332 e. The maximum atomic E-state index is 5.26. The van der Waals surface area contributed by atoms with Crippen molar-refractivity contribution in [3.05, 3.63) is 12.0 Å². The van der Waals surface area contributed by atoms with E-state index in [1.165, 1.54) is 19.3 Å². The monoisotopic (exact) mass is 260 g/mol. The van der Waals surface area contributed by atoms with Crippen molar-refractivity contribution in [1.82, 2.24) is 30.5 Å². The average Bonchev–Trinajstić information content (AvgIpc) is 3.01.